The molecule has 194 valence electrons. The van der Waals surface area contributed by atoms with Crippen LogP contribution in [0.25, 0.3) is 17.2 Å². The van der Waals surface area contributed by atoms with E-state index >= 15 is 0 Å². The number of benzene rings is 2. The highest BCUT2D eigenvalue weighted by Crippen LogP contribution is 2.40. The average Bonchev–Trinajstić information content (AvgIpc) is 3.35. The molecule has 0 atom stereocenters. The number of amides is 1. The van der Waals surface area contributed by atoms with Crippen LogP contribution in [0.5, 0.6) is 17.2 Å². The van der Waals surface area contributed by atoms with Crippen molar-refractivity contribution in [3.8, 4) is 34.5 Å². The van der Waals surface area contributed by atoms with E-state index in [0.29, 0.717) is 78.5 Å². The molecule has 2 aromatic carbocycles. The molecule has 0 saturated heterocycles. The summed E-state index contributed by atoms with van der Waals surface area (Å²) >= 11 is 0. The highest BCUT2D eigenvalue weighted by atomic mass is 19.1. The zero-order valence-corrected chi connectivity index (χ0v) is 20.8. The molecule has 1 saturated carbocycles. The maximum atomic E-state index is 15.0. The number of pyridine rings is 1. The van der Waals surface area contributed by atoms with Gasteiger partial charge in [-0.05, 0) is 56.2 Å². The van der Waals surface area contributed by atoms with Crippen LogP contribution in [0, 0.1) is 5.82 Å². The van der Waals surface area contributed by atoms with E-state index in [4.69, 9.17) is 14.2 Å². The van der Waals surface area contributed by atoms with E-state index in [-0.39, 0.29) is 23.7 Å². The number of carbonyl (C=O) groups excluding carboxylic acids is 1. The molecule has 2 aromatic heterocycles. The number of ether oxygens (including phenoxy) is 3. The standard InChI is InChI=1S/C28H26FN5O4/c1-2-36-19-10-11-22(30-16-19)27-33-32-26(34(27)23-8-4-3-7-21(23)29)17-14-18(15-17)31-28(35)20-6-5-9-24-25(20)38-13-12-37-24/h3-11,16-18H,2,12-15H2,1H3,(H,31,35). The number of fused-ring (bicyclic) bond motifs is 1. The predicted octanol–water partition coefficient (Wildman–Crippen LogP) is 4.31. The van der Waals surface area contributed by atoms with Gasteiger partial charge in [-0.15, -0.1) is 10.2 Å². The van der Waals surface area contributed by atoms with Crippen LogP contribution >= 0.6 is 0 Å². The summed E-state index contributed by atoms with van der Waals surface area (Å²) in [5.41, 5.74) is 1.35. The lowest BCUT2D eigenvalue weighted by Crippen LogP contribution is -2.44. The van der Waals surface area contributed by atoms with Gasteiger partial charge >= 0.3 is 0 Å². The Bertz CT molecular complexity index is 1470. The number of rotatable bonds is 7. The zero-order chi connectivity index (χ0) is 26.1. The first-order chi connectivity index (χ1) is 18.6. The molecular formula is C28H26FN5O4. The predicted molar refractivity (Wildman–Crippen MR) is 136 cm³/mol. The lowest BCUT2D eigenvalue weighted by atomic mass is 9.79. The van der Waals surface area contributed by atoms with E-state index in [1.807, 2.05) is 6.92 Å². The van der Waals surface area contributed by atoms with Gasteiger partial charge in [-0.1, -0.05) is 18.2 Å². The minimum absolute atomic E-state index is 0.0203. The summed E-state index contributed by atoms with van der Waals surface area (Å²) in [4.78, 5) is 17.5. The molecule has 0 unspecified atom stereocenters. The molecule has 10 heteroatoms. The van der Waals surface area contributed by atoms with Gasteiger partial charge in [0.15, 0.2) is 17.3 Å². The second-order valence-corrected chi connectivity index (χ2v) is 9.15. The molecule has 0 radical (unpaired) electrons. The fraction of sp³-hybridized carbons (Fsp3) is 0.286. The van der Waals surface area contributed by atoms with Crippen LogP contribution < -0.4 is 19.5 Å². The molecule has 3 heterocycles. The van der Waals surface area contributed by atoms with Crippen molar-refractivity contribution >= 4 is 5.91 Å². The minimum Gasteiger partial charge on any atom is -0.492 e. The van der Waals surface area contributed by atoms with Gasteiger partial charge < -0.3 is 19.5 Å². The molecule has 0 bridgehead atoms. The Morgan fingerprint density at radius 3 is 2.71 bits per heavy atom. The van der Waals surface area contributed by atoms with Crippen molar-refractivity contribution in [3.05, 3.63) is 78.0 Å². The van der Waals surface area contributed by atoms with Crippen LogP contribution in [0.3, 0.4) is 0 Å². The smallest absolute Gasteiger partial charge is 0.255 e. The van der Waals surface area contributed by atoms with E-state index in [9.17, 15) is 9.18 Å². The number of hydrogen-bond donors (Lipinski definition) is 1. The van der Waals surface area contributed by atoms with Gasteiger partial charge in [0.25, 0.3) is 5.91 Å². The van der Waals surface area contributed by atoms with Crippen LogP contribution in [0.15, 0.2) is 60.8 Å². The number of para-hydroxylation sites is 2. The van der Waals surface area contributed by atoms with Crippen LogP contribution in [-0.4, -0.2) is 51.5 Å². The topological polar surface area (TPSA) is 100 Å². The second-order valence-electron chi connectivity index (χ2n) is 9.15. The van der Waals surface area contributed by atoms with Crippen LogP contribution in [0.4, 0.5) is 4.39 Å². The number of halogens is 1. The molecule has 6 rings (SSSR count). The maximum absolute atomic E-state index is 15.0. The van der Waals surface area contributed by atoms with Crippen LogP contribution in [0.2, 0.25) is 0 Å². The fourth-order valence-corrected chi connectivity index (χ4v) is 4.82. The number of nitrogens with zero attached hydrogens (tertiary/aromatic N) is 4. The van der Waals surface area contributed by atoms with E-state index < -0.39 is 0 Å². The number of hydrogen-bond acceptors (Lipinski definition) is 7. The van der Waals surface area contributed by atoms with E-state index in [0.717, 1.165) is 0 Å². The van der Waals surface area contributed by atoms with E-state index in [1.54, 1.807) is 59.3 Å². The van der Waals surface area contributed by atoms with Gasteiger partial charge in [0.2, 0.25) is 0 Å². The largest absolute Gasteiger partial charge is 0.492 e. The van der Waals surface area contributed by atoms with Gasteiger partial charge in [0.05, 0.1) is 24.1 Å². The molecule has 1 amide bonds. The van der Waals surface area contributed by atoms with Crippen molar-refractivity contribution < 1.29 is 23.4 Å². The Balaban J connectivity index is 1.24. The van der Waals surface area contributed by atoms with Gasteiger partial charge in [-0.25, -0.2) is 9.37 Å². The van der Waals surface area contributed by atoms with Gasteiger partial charge in [0.1, 0.15) is 36.3 Å². The highest BCUT2D eigenvalue weighted by Gasteiger charge is 2.37. The third kappa shape index (κ3) is 4.42. The fourth-order valence-electron chi connectivity index (χ4n) is 4.82. The first kappa shape index (κ1) is 23.9. The Labute approximate surface area is 218 Å². The van der Waals surface area contributed by atoms with E-state index in [2.05, 4.69) is 20.5 Å². The van der Waals surface area contributed by atoms with Crippen molar-refractivity contribution in [1.29, 1.82) is 0 Å². The van der Waals surface area contributed by atoms with Gasteiger partial charge in [-0.3, -0.25) is 9.36 Å². The molecule has 0 spiro atoms. The van der Waals surface area contributed by atoms with Gasteiger partial charge in [0, 0.05) is 12.0 Å². The normalized spacial score (nSPS) is 17.9. The Morgan fingerprint density at radius 1 is 1.08 bits per heavy atom. The van der Waals surface area contributed by atoms with Crippen LogP contribution in [-0.2, 0) is 0 Å². The van der Waals surface area contributed by atoms with Crippen molar-refractivity contribution in [2.45, 2.75) is 31.7 Å². The summed E-state index contributed by atoms with van der Waals surface area (Å²) < 4.78 is 33.4. The van der Waals surface area contributed by atoms with Crippen LogP contribution in [0.1, 0.15) is 41.9 Å². The monoisotopic (exact) mass is 515 g/mol. The Kier molecular flexibility index (Phi) is 6.36. The highest BCUT2D eigenvalue weighted by molar-refractivity contribution is 5.98. The third-order valence-electron chi connectivity index (χ3n) is 6.71. The molecular weight excluding hydrogens is 489 g/mol. The quantitative estimate of drug-likeness (QED) is 0.391. The number of carbonyl (C=O) groups is 1. The lowest BCUT2D eigenvalue weighted by Gasteiger charge is -2.35. The molecule has 4 aromatic rings. The first-order valence-electron chi connectivity index (χ1n) is 12.6. The second kappa shape index (κ2) is 10.1. The van der Waals surface area contributed by atoms with Crippen molar-refractivity contribution in [3.63, 3.8) is 0 Å². The number of nitrogens with one attached hydrogen (secondary N) is 1. The zero-order valence-electron chi connectivity index (χ0n) is 20.8. The summed E-state index contributed by atoms with van der Waals surface area (Å²) in [5.74, 6) is 2.12. The third-order valence-corrected chi connectivity index (χ3v) is 6.71. The molecule has 1 aliphatic carbocycles. The molecule has 38 heavy (non-hydrogen) atoms. The van der Waals surface area contributed by atoms with Crippen molar-refractivity contribution in [2.75, 3.05) is 19.8 Å². The minimum atomic E-state index is -0.388. The van der Waals surface area contributed by atoms with Crippen molar-refractivity contribution in [1.82, 2.24) is 25.1 Å². The molecule has 2 aliphatic rings. The first-order valence-corrected chi connectivity index (χ1v) is 12.6. The maximum Gasteiger partial charge on any atom is 0.255 e. The summed E-state index contributed by atoms with van der Waals surface area (Å²) in [6.45, 7) is 3.29. The van der Waals surface area contributed by atoms with Gasteiger partial charge in [-0.2, -0.15) is 0 Å². The Morgan fingerprint density at radius 2 is 1.92 bits per heavy atom. The van der Waals surface area contributed by atoms with Crippen molar-refractivity contribution in [2.24, 2.45) is 0 Å². The lowest BCUT2D eigenvalue weighted by molar-refractivity contribution is 0.0896. The summed E-state index contributed by atoms with van der Waals surface area (Å²) in [5, 5.41) is 11.9. The van der Waals surface area contributed by atoms with E-state index in [1.165, 1.54) is 6.07 Å². The summed E-state index contributed by atoms with van der Waals surface area (Å²) in [7, 11) is 0. The molecule has 1 N–H and O–H groups in total. The molecule has 9 nitrogen and oxygen atoms in total. The molecule has 1 fully saturated rings. The average molecular weight is 516 g/mol. The Hall–Kier alpha value is -4.47. The number of aromatic nitrogens is 4. The molecule has 1 aliphatic heterocycles. The summed E-state index contributed by atoms with van der Waals surface area (Å²) in [6, 6.07) is 15.3. The SMILES string of the molecule is CCOc1ccc(-c2nnc(C3CC(NC(=O)c4cccc5c4OCCO5)C3)n2-c2ccccc2F)nc1. The summed E-state index contributed by atoms with van der Waals surface area (Å²) in [6.07, 6.45) is 2.90.